The van der Waals surface area contributed by atoms with E-state index in [1.165, 1.54) is 17.0 Å². The van der Waals surface area contributed by atoms with Gasteiger partial charge in [0.2, 0.25) is 0 Å². The van der Waals surface area contributed by atoms with Gasteiger partial charge in [0.25, 0.3) is 0 Å². The first kappa shape index (κ1) is 18.2. The number of alkyl halides is 3. The minimum atomic E-state index is -4.26. The second-order valence-electron chi connectivity index (χ2n) is 6.15. The molecule has 1 heterocycles. The molecule has 0 N–H and O–H groups in total. The van der Waals surface area contributed by atoms with Gasteiger partial charge in [0.1, 0.15) is 5.82 Å². The Morgan fingerprint density at radius 1 is 1.26 bits per heavy atom. The third-order valence-corrected chi connectivity index (χ3v) is 4.61. The van der Waals surface area contributed by atoms with Crippen LogP contribution in [0.1, 0.15) is 37.0 Å². The molecule has 2 nitrogen and oxygen atoms in total. The molecule has 23 heavy (non-hydrogen) atoms. The number of carbonyl (C=O) groups excluding carboxylic acids is 1. The van der Waals surface area contributed by atoms with Crippen LogP contribution in [-0.4, -0.2) is 35.5 Å². The van der Waals surface area contributed by atoms with Crippen LogP contribution in [-0.2, 0) is 0 Å². The number of piperidine rings is 1. The fourth-order valence-electron chi connectivity index (χ4n) is 3.24. The van der Waals surface area contributed by atoms with Gasteiger partial charge < -0.3 is 0 Å². The molecular formula is C16H18ClF4NO. The molecular weight excluding hydrogens is 334 g/mol. The summed E-state index contributed by atoms with van der Waals surface area (Å²) >= 11 is 5.69. The fourth-order valence-corrected chi connectivity index (χ4v) is 3.42. The molecule has 0 bridgehead atoms. The molecule has 1 aromatic carbocycles. The van der Waals surface area contributed by atoms with Crippen molar-refractivity contribution in [1.82, 2.24) is 4.90 Å². The fraction of sp³-hybridized carbons (Fsp3) is 0.562. The summed E-state index contributed by atoms with van der Waals surface area (Å²) in [5.74, 6) is -1.19. The first-order valence-corrected chi connectivity index (χ1v) is 7.78. The maximum Gasteiger partial charge on any atom is 0.401 e. The highest BCUT2D eigenvalue weighted by molar-refractivity contribution is 6.31. The Bertz CT molecular complexity index is 578. The Morgan fingerprint density at radius 2 is 1.83 bits per heavy atom. The van der Waals surface area contributed by atoms with Crippen LogP contribution in [0.25, 0.3) is 0 Å². The summed E-state index contributed by atoms with van der Waals surface area (Å²) in [5.41, 5.74) is 0.296. The van der Waals surface area contributed by atoms with Crippen LogP contribution in [0.3, 0.4) is 0 Å². The second-order valence-corrected chi connectivity index (χ2v) is 6.55. The lowest BCUT2D eigenvalue weighted by atomic mass is 9.82. The Hall–Kier alpha value is -1.14. The summed E-state index contributed by atoms with van der Waals surface area (Å²) < 4.78 is 51.1. The van der Waals surface area contributed by atoms with Crippen molar-refractivity contribution >= 4 is 17.4 Å². The van der Waals surface area contributed by atoms with E-state index < -0.39 is 18.5 Å². The molecule has 1 aromatic rings. The summed E-state index contributed by atoms with van der Waals surface area (Å²) in [4.78, 5) is 13.9. The number of ketones is 1. The van der Waals surface area contributed by atoms with Gasteiger partial charge in [-0.05, 0) is 44.9 Å². The lowest BCUT2D eigenvalue weighted by molar-refractivity contribution is -0.159. The maximum absolute atomic E-state index is 13.2. The zero-order valence-corrected chi connectivity index (χ0v) is 13.6. The molecule has 0 amide bonds. The number of rotatable bonds is 3. The van der Waals surface area contributed by atoms with E-state index in [9.17, 15) is 22.4 Å². The number of Topliss-reactive ketones (excluding diaryl/α,β-unsaturated/α-hetero) is 1. The zero-order chi connectivity index (χ0) is 17.4. The SMILES string of the molecule is CC1CC(C(=O)c2ccc(F)c(Cl)c2)CC(C)N1CC(F)(F)F. The van der Waals surface area contributed by atoms with Gasteiger partial charge in [0, 0.05) is 23.6 Å². The first-order valence-electron chi connectivity index (χ1n) is 7.40. The van der Waals surface area contributed by atoms with E-state index in [2.05, 4.69) is 0 Å². The molecule has 1 fully saturated rings. The highest BCUT2D eigenvalue weighted by Gasteiger charge is 2.40. The van der Waals surface area contributed by atoms with E-state index in [0.29, 0.717) is 18.4 Å². The van der Waals surface area contributed by atoms with Gasteiger partial charge in [-0.2, -0.15) is 13.2 Å². The summed E-state index contributed by atoms with van der Waals surface area (Å²) in [6, 6.07) is 3.05. The van der Waals surface area contributed by atoms with Crippen LogP contribution >= 0.6 is 11.6 Å². The average Bonchev–Trinajstić information content (AvgIpc) is 2.44. The van der Waals surface area contributed by atoms with Gasteiger partial charge in [0.05, 0.1) is 11.6 Å². The van der Waals surface area contributed by atoms with Crippen LogP contribution in [0.4, 0.5) is 17.6 Å². The van der Waals surface area contributed by atoms with Crippen molar-refractivity contribution in [2.75, 3.05) is 6.54 Å². The average molecular weight is 352 g/mol. The van der Waals surface area contributed by atoms with Gasteiger partial charge >= 0.3 is 6.18 Å². The Morgan fingerprint density at radius 3 is 2.30 bits per heavy atom. The molecule has 2 rings (SSSR count). The highest BCUT2D eigenvalue weighted by Crippen LogP contribution is 2.33. The van der Waals surface area contributed by atoms with Gasteiger partial charge in [0.15, 0.2) is 5.78 Å². The minimum Gasteiger partial charge on any atom is -0.294 e. The van der Waals surface area contributed by atoms with Crippen molar-refractivity contribution in [3.63, 3.8) is 0 Å². The maximum atomic E-state index is 13.2. The van der Waals surface area contributed by atoms with Crippen LogP contribution in [0.15, 0.2) is 18.2 Å². The van der Waals surface area contributed by atoms with Crippen LogP contribution in [0.5, 0.6) is 0 Å². The standard InChI is InChI=1S/C16H18ClF4NO/c1-9-5-12(6-10(2)22(9)8-16(19,20)21)15(23)11-3-4-14(18)13(17)7-11/h3-4,7,9-10,12H,5-6,8H2,1-2H3. The Kier molecular flexibility index (Phi) is 5.36. The van der Waals surface area contributed by atoms with Crippen LogP contribution < -0.4 is 0 Å². The van der Waals surface area contributed by atoms with Crippen LogP contribution in [0.2, 0.25) is 5.02 Å². The number of nitrogens with zero attached hydrogens (tertiary/aromatic N) is 1. The van der Waals surface area contributed by atoms with E-state index in [1.807, 2.05) is 0 Å². The number of halogens is 5. The molecule has 1 aliphatic rings. The number of hydrogen-bond acceptors (Lipinski definition) is 2. The normalized spacial score (nSPS) is 26.3. The molecule has 0 spiro atoms. The predicted octanol–water partition coefficient (Wildman–Crippen LogP) is 4.71. The van der Waals surface area contributed by atoms with Crippen molar-refractivity contribution in [2.24, 2.45) is 5.92 Å². The van der Waals surface area contributed by atoms with Crippen LogP contribution in [0, 0.1) is 11.7 Å². The largest absolute Gasteiger partial charge is 0.401 e. The summed E-state index contributed by atoms with van der Waals surface area (Å²) in [7, 11) is 0. The van der Waals surface area contributed by atoms with E-state index in [-0.39, 0.29) is 28.8 Å². The topological polar surface area (TPSA) is 20.3 Å². The summed E-state index contributed by atoms with van der Waals surface area (Å²) in [6.07, 6.45) is -3.58. The van der Waals surface area contributed by atoms with E-state index >= 15 is 0 Å². The lowest BCUT2D eigenvalue weighted by Crippen LogP contribution is -2.51. The molecule has 1 aliphatic heterocycles. The lowest BCUT2D eigenvalue weighted by Gasteiger charge is -2.42. The van der Waals surface area contributed by atoms with E-state index in [1.54, 1.807) is 13.8 Å². The second kappa shape index (κ2) is 6.77. The van der Waals surface area contributed by atoms with Gasteiger partial charge in [-0.3, -0.25) is 9.69 Å². The van der Waals surface area contributed by atoms with Crippen molar-refractivity contribution in [2.45, 2.75) is 44.9 Å². The summed E-state index contributed by atoms with van der Waals surface area (Å²) in [6.45, 7) is 2.41. The Balaban J connectivity index is 2.11. The van der Waals surface area contributed by atoms with Crippen molar-refractivity contribution < 1.29 is 22.4 Å². The summed E-state index contributed by atoms with van der Waals surface area (Å²) in [5, 5.41) is -0.133. The minimum absolute atomic E-state index is 0.133. The van der Waals surface area contributed by atoms with E-state index in [4.69, 9.17) is 11.6 Å². The van der Waals surface area contributed by atoms with Crippen molar-refractivity contribution in [3.8, 4) is 0 Å². The van der Waals surface area contributed by atoms with Gasteiger partial charge in [-0.15, -0.1) is 0 Å². The molecule has 1 saturated heterocycles. The monoisotopic (exact) mass is 351 g/mol. The number of carbonyl (C=O) groups is 1. The van der Waals surface area contributed by atoms with Crippen molar-refractivity contribution in [1.29, 1.82) is 0 Å². The first-order chi connectivity index (χ1) is 10.6. The number of benzene rings is 1. The number of likely N-dealkylation sites (tertiary alicyclic amines) is 1. The smallest absolute Gasteiger partial charge is 0.294 e. The predicted molar refractivity (Wildman–Crippen MR) is 80.1 cm³/mol. The molecule has 7 heteroatoms. The molecule has 0 aliphatic carbocycles. The molecule has 0 saturated carbocycles. The zero-order valence-electron chi connectivity index (χ0n) is 12.8. The number of hydrogen-bond donors (Lipinski definition) is 0. The van der Waals surface area contributed by atoms with Crippen molar-refractivity contribution in [3.05, 3.63) is 34.6 Å². The third kappa shape index (κ3) is 4.44. The van der Waals surface area contributed by atoms with Gasteiger partial charge in [-0.25, -0.2) is 4.39 Å². The molecule has 2 unspecified atom stereocenters. The van der Waals surface area contributed by atoms with E-state index in [0.717, 1.165) is 6.07 Å². The third-order valence-electron chi connectivity index (χ3n) is 4.32. The van der Waals surface area contributed by atoms with Gasteiger partial charge in [-0.1, -0.05) is 11.6 Å². The molecule has 2 atom stereocenters. The Labute approximate surface area is 137 Å². The molecule has 128 valence electrons. The highest BCUT2D eigenvalue weighted by atomic mass is 35.5. The quantitative estimate of drug-likeness (QED) is 0.580. The molecule has 0 radical (unpaired) electrons. The molecule has 0 aromatic heterocycles.